The minimum Gasteiger partial charge on any atom is -0.492 e. The van der Waals surface area contributed by atoms with Gasteiger partial charge in [-0.05, 0) is 23.8 Å². The highest BCUT2D eigenvalue weighted by atomic mass is 35.5. The van der Waals surface area contributed by atoms with Crippen LogP contribution in [0.4, 0.5) is 0 Å². The van der Waals surface area contributed by atoms with Crippen molar-refractivity contribution in [1.29, 1.82) is 0 Å². The zero-order valence-corrected chi connectivity index (χ0v) is 12.2. The summed E-state index contributed by atoms with van der Waals surface area (Å²) in [5.74, 6) is 0.440. The summed E-state index contributed by atoms with van der Waals surface area (Å²) < 4.78 is 27.9. The summed E-state index contributed by atoms with van der Waals surface area (Å²) in [7, 11) is -3.75. The van der Waals surface area contributed by atoms with Gasteiger partial charge in [-0.3, -0.25) is 0 Å². The molecule has 6 heteroatoms. The number of rotatable bonds is 5. The second kappa shape index (κ2) is 6.26. The van der Waals surface area contributed by atoms with Gasteiger partial charge >= 0.3 is 0 Å². The Labute approximate surface area is 123 Å². The van der Waals surface area contributed by atoms with Gasteiger partial charge in [-0.2, -0.15) is 0 Å². The van der Waals surface area contributed by atoms with Gasteiger partial charge in [0.1, 0.15) is 5.75 Å². The maximum atomic E-state index is 11.2. The van der Waals surface area contributed by atoms with Crippen molar-refractivity contribution in [3.8, 4) is 5.75 Å². The molecular formula is C14H14ClNO3S. The summed E-state index contributed by atoms with van der Waals surface area (Å²) >= 11 is 5.97. The average molecular weight is 312 g/mol. The van der Waals surface area contributed by atoms with Crippen LogP contribution in [0, 0.1) is 0 Å². The Balaban J connectivity index is 2.00. The topological polar surface area (TPSA) is 69.4 Å². The van der Waals surface area contributed by atoms with Crippen molar-refractivity contribution >= 4 is 21.6 Å². The fourth-order valence-corrected chi connectivity index (χ4v) is 2.54. The van der Waals surface area contributed by atoms with Gasteiger partial charge in [0.2, 0.25) is 10.0 Å². The third-order valence-corrected chi connectivity index (χ3v) is 3.93. The standard InChI is InChI=1S/C14H14ClNO3S/c15-13-10-12(20(16,17)18)6-7-14(13)19-9-8-11-4-2-1-3-5-11/h1-7,10H,8-9H2,(H2,16,17,18). The Hall–Kier alpha value is -1.56. The van der Waals surface area contributed by atoms with Gasteiger partial charge in [0, 0.05) is 6.42 Å². The summed E-state index contributed by atoms with van der Waals surface area (Å²) in [5, 5.41) is 5.25. The molecule has 0 heterocycles. The first-order valence-electron chi connectivity index (χ1n) is 5.96. The van der Waals surface area contributed by atoms with Gasteiger partial charge in [-0.25, -0.2) is 13.6 Å². The van der Waals surface area contributed by atoms with Crippen LogP contribution in [-0.2, 0) is 16.4 Å². The van der Waals surface area contributed by atoms with Crippen LogP contribution in [0.5, 0.6) is 5.75 Å². The highest BCUT2D eigenvalue weighted by Crippen LogP contribution is 2.27. The zero-order valence-electron chi connectivity index (χ0n) is 10.6. The summed E-state index contributed by atoms with van der Waals surface area (Å²) in [6.45, 7) is 0.457. The molecule has 0 aliphatic rings. The number of halogens is 1. The average Bonchev–Trinajstić information content (AvgIpc) is 2.40. The van der Waals surface area contributed by atoms with Gasteiger partial charge in [-0.15, -0.1) is 0 Å². The van der Waals surface area contributed by atoms with E-state index >= 15 is 0 Å². The van der Waals surface area contributed by atoms with Crippen molar-refractivity contribution in [2.24, 2.45) is 5.14 Å². The molecule has 0 spiro atoms. The first-order chi connectivity index (χ1) is 9.47. The molecule has 0 unspecified atom stereocenters. The van der Waals surface area contributed by atoms with Crippen molar-refractivity contribution < 1.29 is 13.2 Å². The van der Waals surface area contributed by atoms with E-state index in [9.17, 15) is 8.42 Å². The zero-order chi connectivity index (χ0) is 14.6. The molecule has 0 atom stereocenters. The molecule has 2 N–H and O–H groups in total. The van der Waals surface area contributed by atoms with Crippen molar-refractivity contribution in [1.82, 2.24) is 0 Å². The lowest BCUT2D eigenvalue weighted by atomic mass is 10.2. The maximum Gasteiger partial charge on any atom is 0.238 e. The molecule has 2 aromatic carbocycles. The van der Waals surface area contributed by atoms with E-state index in [2.05, 4.69) is 0 Å². The molecule has 0 radical (unpaired) electrons. The summed E-state index contributed by atoms with van der Waals surface area (Å²) in [5.41, 5.74) is 1.16. The summed E-state index contributed by atoms with van der Waals surface area (Å²) in [4.78, 5) is -0.0297. The smallest absolute Gasteiger partial charge is 0.238 e. The first-order valence-corrected chi connectivity index (χ1v) is 7.88. The van der Waals surface area contributed by atoms with E-state index < -0.39 is 10.0 Å². The van der Waals surface area contributed by atoms with Crippen molar-refractivity contribution in [2.75, 3.05) is 6.61 Å². The predicted octanol–water partition coefficient (Wildman–Crippen LogP) is 2.61. The van der Waals surface area contributed by atoms with Crippen LogP contribution in [0.1, 0.15) is 5.56 Å². The number of primary sulfonamides is 1. The van der Waals surface area contributed by atoms with E-state index in [0.29, 0.717) is 12.4 Å². The number of hydrogen-bond donors (Lipinski definition) is 1. The van der Waals surface area contributed by atoms with E-state index in [1.165, 1.54) is 18.2 Å². The number of ether oxygens (including phenoxy) is 1. The molecule has 0 fully saturated rings. The lowest BCUT2D eigenvalue weighted by molar-refractivity contribution is 0.322. The minimum atomic E-state index is -3.75. The van der Waals surface area contributed by atoms with Gasteiger partial charge < -0.3 is 4.74 Å². The lowest BCUT2D eigenvalue weighted by Crippen LogP contribution is -2.12. The van der Waals surface area contributed by atoms with E-state index in [4.69, 9.17) is 21.5 Å². The molecule has 106 valence electrons. The predicted molar refractivity (Wildman–Crippen MR) is 78.5 cm³/mol. The Kier molecular flexibility index (Phi) is 4.65. The Morgan fingerprint density at radius 1 is 1.10 bits per heavy atom. The normalized spacial score (nSPS) is 11.3. The Morgan fingerprint density at radius 3 is 2.40 bits per heavy atom. The SMILES string of the molecule is NS(=O)(=O)c1ccc(OCCc2ccccc2)c(Cl)c1. The van der Waals surface area contributed by atoms with Crippen molar-refractivity contribution in [3.63, 3.8) is 0 Å². The molecule has 0 bridgehead atoms. The van der Waals surface area contributed by atoms with Crippen LogP contribution < -0.4 is 9.88 Å². The van der Waals surface area contributed by atoms with Crippen molar-refractivity contribution in [2.45, 2.75) is 11.3 Å². The fourth-order valence-electron chi connectivity index (χ4n) is 1.70. The number of sulfonamides is 1. The molecule has 20 heavy (non-hydrogen) atoms. The quantitative estimate of drug-likeness (QED) is 0.922. The number of nitrogens with two attached hydrogens (primary N) is 1. The van der Waals surface area contributed by atoms with Crippen LogP contribution in [0.3, 0.4) is 0 Å². The number of hydrogen-bond acceptors (Lipinski definition) is 3. The molecule has 0 aliphatic heterocycles. The fraction of sp³-hybridized carbons (Fsp3) is 0.143. The van der Waals surface area contributed by atoms with Crippen LogP contribution in [-0.4, -0.2) is 15.0 Å². The second-order valence-electron chi connectivity index (χ2n) is 4.22. The van der Waals surface area contributed by atoms with E-state index in [1.807, 2.05) is 30.3 Å². The van der Waals surface area contributed by atoms with Crippen LogP contribution in [0.2, 0.25) is 5.02 Å². The molecule has 0 aliphatic carbocycles. The summed E-state index contributed by atoms with van der Waals surface area (Å²) in [6, 6.07) is 14.1. The lowest BCUT2D eigenvalue weighted by Gasteiger charge is -2.09. The molecule has 4 nitrogen and oxygen atoms in total. The Bertz CT molecular complexity index is 687. The van der Waals surface area contributed by atoms with Crippen LogP contribution in [0.25, 0.3) is 0 Å². The van der Waals surface area contributed by atoms with E-state index in [1.54, 1.807) is 0 Å². The van der Waals surface area contributed by atoms with Crippen molar-refractivity contribution in [3.05, 3.63) is 59.1 Å². The molecule has 0 amide bonds. The molecule has 0 saturated carbocycles. The maximum absolute atomic E-state index is 11.2. The second-order valence-corrected chi connectivity index (χ2v) is 6.19. The van der Waals surface area contributed by atoms with E-state index in [-0.39, 0.29) is 9.92 Å². The van der Waals surface area contributed by atoms with Crippen LogP contribution in [0.15, 0.2) is 53.4 Å². The third-order valence-electron chi connectivity index (χ3n) is 2.72. The van der Waals surface area contributed by atoms with Gasteiger partial charge in [-0.1, -0.05) is 41.9 Å². The van der Waals surface area contributed by atoms with Crippen LogP contribution >= 0.6 is 11.6 Å². The van der Waals surface area contributed by atoms with Gasteiger partial charge in [0.25, 0.3) is 0 Å². The van der Waals surface area contributed by atoms with E-state index in [0.717, 1.165) is 12.0 Å². The highest BCUT2D eigenvalue weighted by molar-refractivity contribution is 7.89. The first kappa shape index (κ1) is 14.8. The van der Waals surface area contributed by atoms with Gasteiger partial charge in [0.05, 0.1) is 16.5 Å². The Morgan fingerprint density at radius 2 is 1.80 bits per heavy atom. The largest absolute Gasteiger partial charge is 0.492 e. The molecule has 0 saturated heterocycles. The molecule has 2 rings (SSSR count). The minimum absolute atomic E-state index is 0.0297. The molecule has 2 aromatic rings. The molecule has 0 aromatic heterocycles. The molecular weight excluding hydrogens is 298 g/mol. The summed E-state index contributed by atoms with van der Waals surface area (Å²) in [6.07, 6.45) is 0.744. The highest BCUT2D eigenvalue weighted by Gasteiger charge is 2.11. The third kappa shape index (κ3) is 3.96. The number of benzene rings is 2. The monoisotopic (exact) mass is 311 g/mol. The van der Waals surface area contributed by atoms with Gasteiger partial charge in [0.15, 0.2) is 0 Å².